The Morgan fingerprint density at radius 1 is 0.769 bits per heavy atom. The minimum atomic E-state index is -1.11. The molecule has 26 heavy (non-hydrogen) atoms. The molecule has 0 aromatic rings. The van der Waals surface area contributed by atoms with Crippen molar-refractivity contribution in [2.24, 2.45) is 0 Å². The van der Waals surface area contributed by atoms with E-state index in [1.165, 1.54) is 0 Å². The van der Waals surface area contributed by atoms with Gasteiger partial charge in [-0.3, -0.25) is 4.79 Å². The van der Waals surface area contributed by atoms with Gasteiger partial charge in [-0.1, -0.05) is 74.6 Å². The van der Waals surface area contributed by atoms with Gasteiger partial charge in [0.05, 0.1) is 6.42 Å². The molecule has 0 aromatic carbocycles. The Morgan fingerprint density at radius 2 is 1.19 bits per heavy atom. The van der Waals surface area contributed by atoms with E-state index in [0.29, 0.717) is 0 Å². The van der Waals surface area contributed by atoms with Crippen LogP contribution in [-0.4, -0.2) is 23.1 Å². The fraction of sp³-hybridized carbons (Fsp3) is 0.455. The molecule has 4 heteroatoms. The summed E-state index contributed by atoms with van der Waals surface area (Å²) in [5.41, 5.74) is 0. The number of carboxylic acid groups (broad SMARTS) is 1. The third kappa shape index (κ3) is 15.2. The molecule has 0 bridgehead atoms. The van der Waals surface area contributed by atoms with Crippen LogP contribution in [0.5, 0.6) is 0 Å². The van der Waals surface area contributed by atoms with Crippen LogP contribution in [0.3, 0.4) is 0 Å². The van der Waals surface area contributed by atoms with Gasteiger partial charge in [0.1, 0.15) is 0 Å². The molecule has 0 fully saturated rings. The fourth-order valence-electron chi connectivity index (χ4n) is 1.95. The van der Waals surface area contributed by atoms with E-state index in [1.54, 1.807) is 13.0 Å². The SMILES string of the molecule is CC/C=C\C/C=C\C/C=C\C/C=C\C/C=C\CC(=O)OC(CC)C(=O)O. The van der Waals surface area contributed by atoms with Crippen molar-refractivity contribution in [1.29, 1.82) is 0 Å². The number of ether oxygens (including phenoxy) is 1. The van der Waals surface area contributed by atoms with Gasteiger partial charge in [0.15, 0.2) is 6.10 Å². The van der Waals surface area contributed by atoms with Gasteiger partial charge >= 0.3 is 11.9 Å². The first-order valence-electron chi connectivity index (χ1n) is 9.29. The Hall–Kier alpha value is -2.36. The van der Waals surface area contributed by atoms with Gasteiger partial charge in [0.2, 0.25) is 0 Å². The molecule has 1 N–H and O–H groups in total. The van der Waals surface area contributed by atoms with Gasteiger partial charge in [0, 0.05) is 0 Å². The third-order valence-corrected chi connectivity index (χ3v) is 3.36. The minimum Gasteiger partial charge on any atom is -0.479 e. The number of hydrogen-bond donors (Lipinski definition) is 1. The average molecular weight is 360 g/mol. The molecule has 0 spiro atoms. The van der Waals surface area contributed by atoms with Crippen molar-refractivity contribution in [3.8, 4) is 0 Å². The van der Waals surface area contributed by atoms with E-state index in [4.69, 9.17) is 9.84 Å². The second kappa shape index (κ2) is 17.5. The Morgan fingerprint density at radius 3 is 1.58 bits per heavy atom. The summed E-state index contributed by atoms with van der Waals surface area (Å²) in [5, 5.41) is 8.81. The summed E-state index contributed by atoms with van der Waals surface area (Å²) in [5.74, 6) is -1.62. The summed E-state index contributed by atoms with van der Waals surface area (Å²) >= 11 is 0. The second-order valence-corrected chi connectivity index (χ2v) is 5.64. The first-order chi connectivity index (χ1) is 12.6. The van der Waals surface area contributed by atoms with E-state index >= 15 is 0 Å². The quantitative estimate of drug-likeness (QED) is 0.326. The standard InChI is InChI=1S/C22H32O4/c1-3-5-6-7-8-9-10-11-12-13-14-15-16-17-18-19-21(23)26-20(4-2)22(24)25/h5-6,8-9,11-12,14-15,17-18,20H,3-4,7,10,13,16,19H2,1-2H3,(H,24,25)/b6-5-,9-8-,12-11-,15-14-,18-17-. The van der Waals surface area contributed by atoms with Crippen LogP contribution in [0.4, 0.5) is 0 Å². The molecular weight excluding hydrogens is 328 g/mol. The highest BCUT2D eigenvalue weighted by molar-refractivity contribution is 5.78. The maximum atomic E-state index is 11.5. The summed E-state index contributed by atoms with van der Waals surface area (Å²) in [6.45, 7) is 3.80. The zero-order valence-electron chi connectivity index (χ0n) is 16.0. The van der Waals surface area contributed by atoms with Gasteiger partial charge in [-0.15, -0.1) is 0 Å². The molecule has 0 saturated heterocycles. The van der Waals surface area contributed by atoms with Crippen LogP contribution >= 0.6 is 0 Å². The van der Waals surface area contributed by atoms with Crippen LogP contribution in [0.15, 0.2) is 60.8 Å². The Balaban J connectivity index is 3.75. The Kier molecular flexibility index (Phi) is 15.9. The van der Waals surface area contributed by atoms with Crippen LogP contribution in [-0.2, 0) is 14.3 Å². The number of rotatable bonds is 14. The van der Waals surface area contributed by atoms with Crippen LogP contribution < -0.4 is 0 Å². The van der Waals surface area contributed by atoms with Gasteiger partial charge in [-0.25, -0.2) is 4.79 Å². The lowest BCUT2D eigenvalue weighted by molar-refractivity contribution is -0.163. The smallest absolute Gasteiger partial charge is 0.345 e. The van der Waals surface area contributed by atoms with Gasteiger partial charge < -0.3 is 9.84 Å². The lowest BCUT2D eigenvalue weighted by atomic mass is 10.2. The predicted octanol–water partition coefficient (Wildman–Crippen LogP) is 5.53. The molecule has 0 saturated carbocycles. The van der Waals surface area contributed by atoms with Crippen LogP contribution in [0.1, 0.15) is 58.8 Å². The molecule has 0 aliphatic carbocycles. The van der Waals surface area contributed by atoms with Crippen molar-refractivity contribution >= 4 is 11.9 Å². The van der Waals surface area contributed by atoms with Gasteiger partial charge in [-0.2, -0.15) is 0 Å². The van der Waals surface area contributed by atoms with E-state index < -0.39 is 18.0 Å². The zero-order valence-corrected chi connectivity index (χ0v) is 16.0. The van der Waals surface area contributed by atoms with Crippen LogP contribution in [0.25, 0.3) is 0 Å². The number of carbonyl (C=O) groups excluding carboxylic acids is 1. The molecule has 0 radical (unpaired) electrons. The first kappa shape index (κ1) is 23.6. The number of carbonyl (C=O) groups is 2. The topological polar surface area (TPSA) is 63.6 Å². The molecule has 4 nitrogen and oxygen atoms in total. The molecule has 0 amide bonds. The molecule has 0 heterocycles. The monoisotopic (exact) mass is 360 g/mol. The largest absolute Gasteiger partial charge is 0.479 e. The van der Waals surface area contributed by atoms with E-state index in [1.807, 2.05) is 12.2 Å². The van der Waals surface area contributed by atoms with Crippen LogP contribution in [0.2, 0.25) is 0 Å². The normalized spacial score (nSPS) is 13.6. The Bertz CT molecular complexity index is 524. The Labute approximate surface area is 157 Å². The van der Waals surface area contributed by atoms with Gasteiger partial charge in [-0.05, 0) is 38.5 Å². The maximum Gasteiger partial charge on any atom is 0.345 e. The number of allylic oxidation sites excluding steroid dienone is 9. The third-order valence-electron chi connectivity index (χ3n) is 3.36. The summed E-state index contributed by atoms with van der Waals surface area (Å²) < 4.78 is 4.85. The minimum absolute atomic E-state index is 0.0945. The summed E-state index contributed by atoms with van der Waals surface area (Å²) in [6, 6.07) is 0. The van der Waals surface area contributed by atoms with E-state index in [0.717, 1.165) is 32.1 Å². The van der Waals surface area contributed by atoms with Crippen LogP contribution in [0, 0.1) is 0 Å². The molecule has 0 aliphatic heterocycles. The highest BCUT2D eigenvalue weighted by Gasteiger charge is 2.18. The maximum absolute atomic E-state index is 11.5. The molecule has 1 unspecified atom stereocenters. The molecule has 1 atom stereocenters. The van der Waals surface area contributed by atoms with Gasteiger partial charge in [0.25, 0.3) is 0 Å². The molecule has 144 valence electrons. The van der Waals surface area contributed by atoms with Crippen molar-refractivity contribution in [1.82, 2.24) is 0 Å². The fourth-order valence-corrected chi connectivity index (χ4v) is 1.95. The highest BCUT2D eigenvalue weighted by Crippen LogP contribution is 2.02. The van der Waals surface area contributed by atoms with E-state index in [-0.39, 0.29) is 12.8 Å². The summed E-state index contributed by atoms with van der Waals surface area (Å²) in [6.07, 6.45) is 24.6. The van der Waals surface area contributed by atoms with E-state index in [9.17, 15) is 9.59 Å². The summed E-state index contributed by atoms with van der Waals surface area (Å²) in [7, 11) is 0. The number of hydrogen-bond acceptors (Lipinski definition) is 3. The lowest BCUT2D eigenvalue weighted by Crippen LogP contribution is -2.25. The number of esters is 1. The molecular formula is C22H32O4. The highest BCUT2D eigenvalue weighted by atomic mass is 16.6. The molecule has 0 rings (SSSR count). The zero-order chi connectivity index (χ0) is 19.5. The second-order valence-electron chi connectivity index (χ2n) is 5.64. The van der Waals surface area contributed by atoms with Crippen molar-refractivity contribution in [2.75, 3.05) is 0 Å². The summed E-state index contributed by atoms with van der Waals surface area (Å²) in [4.78, 5) is 22.2. The molecule has 0 aliphatic rings. The predicted molar refractivity (Wildman–Crippen MR) is 107 cm³/mol. The average Bonchev–Trinajstić information content (AvgIpc) is 2.62. The first-order valence-corrected chi connectivity index (χ1v) is 9.29. The van der Waals surface area contributed by atoms with Crippen molar-refractivity contribution in [3.63, 3.8) is 0 Å². The van der Waals surface area contributed by atoms with Crippen molar-refractivity contribution in [2.45, 2.75) is 64.9 Å². The number of carboxylic acids is 1. The lowest BCUT2D eigenvalue weighted by Gasteiger charge is -2.10. The van der Waals surface area contributed by atoms with E-state index in [2.05, 4.69) is 49.5 Å². The van der Waals surface area contributed by atoms with Crippen molar-refractivity contribution in [3.05, 3.63) is 60.8 Å². The molecule has 0 aromatic heterocycles. The van der Waals surface area contributed by atoms with Crippen molar-refractivity contribution < 1.29 is 19.4 Å². The number of aliphatic carboxylic acids is 1.